The molecule has 0 saturated carbocycles. The van der Waals surface area contributed by atoms with Gasteiger partial charge < -0.3 is 5.32 Å². The fraction of sp³-hybridized carbons (Fsp3) is 0.667. The standard InChI is InChI=1S/C18H30N2/c1-14(2)11-20(13-18-9-6-10-19-18)12-17-8-5-7-15(3)16(17)4/h5,7-8,14,18-19H,6,9-13H2,1-4H3. The molecule has 20 heavy (non-hydrogen) atoms. The number of hydrogen-bond acceptors (Lipinski definition) is 2. The SMILES string of the molecule is Cc1cccc(CN(CC(C)C)CC2CCCN2)c1C. The smallest absolute Gasteiger partial charge is 0.0237 e. The van der Waals surface area contributed by atoms with Crippen molar-refractivity contribution >= 4 is 0 Å². The van der Waals surface area contributed by atoms with Crippen LogP contribution in [0.4, 0.5) is 0 Å². The molecule has 1 atom stereocenters. The predicted molar refractivity (Wildman–Crippen MR) is 87.1 cm³/mol. The van der Waals surface area contributed by atoms with E-state index >= 15 is 0 Å². The lowest BCUT2D eigenvalue weighted by molar-refractivity contribution is 0.216. The fourth-order valence-corrected chi connectivity index (χ4v) is 3.17. The van der Waals surface area contributed by atoms with Crippen LogP contribution in [-0.4, -0.2) is 30.6 Å². The summed E-state index contributed by atoms with van der Waals surface area (Å²) < 4.78 is 0. The van der Waals surface area contributed by atoms with Crippen LogP contribution in [0.5, 0.6) is 0 Å². The molecule has 0 spiro atoms. The maximum atomic E-state index is 3.63. The van der Waals surface area contributed by atoms with Crippen LogP contribution >= 0.6 is 0 Å². The monoisotopic (exact) mass is 274 g/mol. The quantitative estimate of drug-likeness (QED) is 0.854. The van der Waals surface area contributed by atoms with E-state index in [9.17, 15) is 0 Å². The molecule has 1 heterocycles. The Hall–Kier alpha value is -0.860. The van der Waals surface area contributed by atoms with Crippen LogP contribution < -0.4 is 5.32 Å². The second-order valence-corrected chi connectivity index (χ2v) is 6.74. The zero-order chi connectivity index (χ0) is 14.5. The molecule has 1 aromatic rings. The van der Waals surface area contributed by atoms with Gasteiger partial charge in [-0.1, -0.05) is 32.0 Å². The average Bonchev–Trinajstić information content (AvgIpc) is 2.87. The average molecular weight is 274 g/mol. The minimum absolute atomic E-state index is 0.693. The Bertz CT molecular complexity index is 419. The van der Waals surface area contributed by atoms with Crippen molar-refractivity contribution in [2.45, 2.75) is 53.1 Å². The zero-order valence-electron chi connectivity index (χ0n) is 13.6. The summed E-state index contributed by atoms with van der Waals surface area (Å²) in [4.78, 5) is 2.63. The molecule has 0 aliphatic carbocycles. The summed E-state index contributed by atoms with van der Waals surface area (Å²) in [5.41, 5.74) is 4.36. The highest BCUT2D eigenvalue weighted by molar-refractivity contribution is 5.33. The minimum Gasteiger partial charge on any atom is -0.313 e. The third-order valence-electron chi connectivity index (χ3n) is 4.38. The normalized spacial score (nSPS) is 19.2. The Kier molecular flexibility index (Phi) is 5.62. The number of rotatable bonds is 6. The van der Waals surface area contributed by atoms with Crippen LogP contribution in [0.15, 0.2) is 18.2 Å². The molecule has 0 bridgehead atoms. The first kappa shape index (κ1) is 15.5. The highest BCUT2D eigenvalue weighted by Crippen LogP contribution is 2.17. The Balaban J connectivity index is 2.03. The van der Waals surface area contributed by atoms with Crippen molar-refractivity contribution in [1.82, 2.24) is 10.2 Å². The molecule has 1 aromatic carbocycles. The van der Waals surface area contributed by atoms with Gasteiger partial charge in [0.25, 0.3) is 0 Å². The number of benzene rings is 1. The highest BCUT2D eigenvalue weighted by atomic mass is 15.2. The maximum absolute atomic E-state index is 3.63. The summed E-state index contributed by atoms with van der Waals surface area (Å²) in [6.07, 6.45) is 2.67. The van der Waals surface area contributed by atoms with Crippen LogP contribution in [0.1, 0.15) is 43.4 Å². The van der Waals surface area contributed by atoms with Crippen LogP contribution in [-0.2, 0) is 6.54 Å². The lowest BCUT2D eigenvalue weighted by Gasteiger charge is -2.28. The van der Waals surface area contributed by atoms with Crippen molar-refractivity contribution in [3.63, 3.8) is 0 Å². The van der Waals surface area contributed by atoms with E-state index in [1.165, 1.54) is 49.2 Å². The molecule has 112 valence electrons. The summed E-state index contributed by atoms with van der Waals surface area (Å²) in [7, 11) is 0. The summed E-state index contributed by atoms with van der Waals surface area (Å²) >= 11 is 0. The van der Waals surface area contributed by atoms with Crippen molar-refractivity contribution in [1.29, 1.82) is 0 Å². The van der Waals surface area contributed by atoms with E-state index < -0.39 is 0 Å². The third kappa shape index (κ3) is 4.32. The molecule has 1 unspecified atom stereocenters. The van der Waals surface area contributed by atoms with Crippen LogP contribution in [0.2, 0.25) is 0 Å². The van der Waals surface area contributed by atoms with Gasteiger partial charge in [-0.2, -0.15) is 0 Å². The molecule has 1 fully saturated rings. The first-order chi connectivity index (χ1) is 9.56. The second-order valence-electron chi connectivity index (χ2n) is 6.74. The van der Waals surface area contributed by atoms with E-state index in [1.807, 2.05) is 0 Å². The van der Waals surface area contributed by atoms with E-state index in [-0.39, 0.29) is 0 Å². The molecule has 1 saturated heterocycles. The first-order valence-electron chi connectivity index (χ1n) is 8.07. The second kappa shape index (κ2) is 7.24. The number of nitrogens with one attached hydrogen (secondary N) is 1. The Labute approximate surface area is 124 Å². The van der Waals surface area contributed by atoms with Crippen LogP contribution in [0, 0.1) is 19.8 Å². The molecule has 1 aliphatic rings. The highest BCUT2D eigenvalue weighted by Gasteiger charge is 2.19. The molecule has 0 aromatic heterocycles. The van der Waals surface area contributed by atoms with Gasteiger partial charge in [-0.15, -0.1) is 0 Å². The van der Waals surface area contributed by atoms with Gasteiger partial charge in [0.2, 0.25) is 0 Å². The molecule has 1 N–H and O–H groups in total. The third-order valence-corrected chi connectivity index (χ3v) is 4.38. The lowest BCUT2D eigenvalue weighted by atomic mass is 10.0. The summed E-state index contributed by atoms with van der Waals surface area (Å²) in [6.45, 7) is 13.8. The molecular weight excluding hydrogens is 244 g/mol. The van der Waals surface area contributed by atoms with Crippen molar-refractivity contribution < 1.29 is 0 Å². The van der Waals surface area contributed by atoms with E-state index in [4.69, 9.17) is 0 Å². The molecule has 2 nitrogen and oxygen atoms in total. The summed E-state index contributed by atoms with van der Waals surface area (Å²) in [6, 6.07) is 7.39. The van der Waals surface area contributed by atoms with Gasteiger partial charge in [0.05, 0.1) is 0 Å². The topological polar surface area (TPSA) is 15.3 Å². The van der Waals surface area contributed by atoms with Crippen molar-refractivity contribution in [3.8, 4) is 0 Å². The van der Waals surface area contributed by atoms with Gasteiger partial charge in [0, 0.05) is 25.7 Å². The Morgan fingerprint density at radius 1 is 1.30 bits per heavy atom. The summed E-state index contributed by atoms with van der Waals surface area (Å²) in [5.74, 6) is 0.724. The van der Waals surface area contributed by atoms with Crippen molar-refractivity contribution in [2.75, 3.05) is 19.6 Å². The maximum Gasteiger partial charge on any atom is 0.0237 e. The van der Waals surface area contributed by atoms with Gasteiger partial charge in [-0.3, -0.25) is 4.90 Å². The van der Waals surface area contributed by atoms with E-state index in [1.54, 1.807) is 0 Å². The van der Waals surface area contributed by atoms with Gasteiger partial charge in [-0.05, 0) is 55.8 Å². The molecule has 2 rings (SSSR count). The van der Waals surface area contributed by atoms with E-state index in [2.05, 4.69) is 56.1 Å². The van der Waals surface area contributed by atoms with Crippen LogP contribution in [0.3, 0.4) is 0 Å². The largest absolute Gasteiger partial charge is 0.313 e. The Morgan fingerprint density at radius 3 is 2.75 bits per heavy atom. The molecule has 2 heteroatoms. The minimum atomic E-state index is 0.693. The lowest BCUT2D eigenvalue weighted by Crippen LogP contribution is -2.39. The molecule has 1 aliphatic heterocycles. The fourth-order valence-electron chi connectivity index (χ4n) is 3.17. The van der Waals surface area contributed by atoms with E-state index in [0.717, 1.165) is 12.5 Å². The molecular formula is C18H30N2. The predicted octanol–water partition coefficient (Wildman–Crippen LogP) is 3.51. The van der Waals surface area contributed by atoms with E-state index in [0.29, 0.717) is 6.04 Å². The molecule has 0 radical (unpaired) electrons. The number of aryl methyl sites for hydroxylation is 1. The van der Waals surface area contributed by atoms with Gasteiger partial charge in [-0.25, -0.2) is 0 Å². The van der Waals surface area contributed by atoms with Gasteiger partial charge in [0.1, 0.15) is 0 Å². The van der Waals surface area contributed by atoms with Crippen molar-refractivity contribution in [2.24, 2.45) is 5.92 Å². The van der Waals surface area contributed by atoms with Crippen LogP contribution in [0.25, 0.3) is 0 Å². The van der Waals surface area contributed by atoms with Crippen molar-refractivity contribution in [3.05, 3.63) is 34.9 Å². The Morgan fingerprint density at radius 2 is 2.10 bits per heavy atom. The molecule has 0 amide bonds. The van der Waals surface area contributed by atoms with Gasteiger partial charge in [0.15, 0.2) is 0 Å². The number of nitrogens with zero attached hydrogens (tertiary/aromatic N) is 1. The first-order valence-corrected chi connectivity index (χ1v) is 8.07. The van der Waals surface area contributed by atoms with Gasteiger partial charge >= 0.3 is 0 Å². The summed E-state index contributed by atoms with van der Waals surface area (Å²) in [5, 5.41) is 3.63. The zero-order valence-corrected chi connectivity index (χ0v) is 13.6. The number of hydrogen-bond donors (Lipinski definition) is 1.